The number of thiol groups is 1. The SMILES string of the molecule is O=C(O)C(CCCCN(S)C(=O)NC(c1ccccc1)c1ccccc1)N(c1ccc2oc3ccccc3c2c1)S(=O)[O-]. The number of nitrogens with one attached hydrogen (secondary N) is 1. The monoisotopic (exact) mass is 616 g/mol. The summed E-state index contributed by atoms with van der Waals surface area (Å²) in [5.74, 6) is -1.27. The van der Waals surface area contributed by atoms with Gasteiger partial charge in [0, 0.05) is 28.6 Å². The fraction of sp³-hybridized carbons (Fsp3) is 0.188. The molecule has 2 unspecified atom stereocenters. The van der Waals surface area contributed by atoms with E-state index in [4.69, 9.17) is 4.42 Å². The standard InChI is InChI=1S/C32H31N3O6S2/c36-31(37)27(35(43(39)40)24-18-19-29-26(21-24)25-15-7-8-17-28(25)41-29)16-9-10-20-34(42)32(38)33-30(22-11-3-1-4-12-22)23-13-5-2-6-14-23/h1-8,11-15,17-19,21,27,30,42H,9-10,16,20H2,(H,33,38)(H,36,37)(H,39,40)/p-1. The summed E-state index contributed by atoms with van der Waals surface area (Å²) in [6, 6.07) is 29.2. The molecule has 222 valence electrons. The first-order chi connectivity index (χ1) is 20.8. The normalized spacial score (nSPS) is 12.7. The summed E-state index contributed by atoms with van der Waals surface area (Å²) in [5.41, 5.74) is 3.28. The Morgan fingerprint density at radius 2 is 1.47 bits per heavy atom. The zero-order valence-electron chi connectivity index (χ0n) is 23.0. The molecule has 0 spiro atoms. The van der Waals surface area contributed by atoms with E-state index in [1.165, 1.54) is 10.4 Å². The molecule has 0 saturated carbocycles. The summed E-state index contributed by atoms with van der Waals surface area (Å²) < 4.78 is 32.6. The average molecular weight is 617 g/mol. The number of furan rings is 1. The van der Waals surface area contributed by atoms with Gasteiger partial charge in [0.15, 0.2) is 0 Å². The van der Waals surface area contributed by atoms with Gasteiger partial charge in [-0.15, -0.1) is 0 Å². The lowest BCUT2D eigenvalue weighted by atomic mass is 9.99. The lowest BCUT2D eigenvalue weighted by Crippen LogP contribution is -2.42. The highest BCUT2D eigenvalue weighted by Crippen LogP contribution is 2.33. The molecule has 0 aliphatic carbocycles. The van der Waals surface area contributed by atoms with Crippen LogP contribution in [-0.2, 0) is 16.1 Å². The Hall–Kier alpha value is -4.32. The third-order valence-electron chi connectivity index (χ3n) is 7.21. The summed E-state index contributed by atoms with van der Waals surface area (Å²) in [7, 11) is 0. The van der Waals surface area contributed by atoms with Gasteiger partial charge in [-0.05, 0) is 54.7 Å². The molecule has 9 nitrogen and oxygen atoms in total. The van der Waals surface area contributed by atoms with Crippen molar-refractivity contribution in [2.45, 2.75) is 31.3 Å². The number of carboxylic acids is 1. The van der Waals surface area contributed by atoms with Gasteiger partial charge in [-0.2, -0.15) is 0 Å². The van der Waals surface area contributed by atoms with E-state index >= 15 is 0 Å². The van der Waals surface area contributed by atoms with Crippen LogP contribution in [0.25, 0.3) is 21.9 Å². The lowest BCUT2D eigenvalue weighted by Gasteiger charge is -2.32. The topological polar surface area (TPSA) is 126 Å². The number of unbranched alkanes of at least 4 members (excludes halogenated alkanes) is 1. The zero-order valence-corrected chi connectivity index (χ0v) is 24.7. The number of carbonyl (C=O) groups is 2. The Bertz CT molecular complexity index is 1690. The van der Waals surface area contributed by atoms with Crippen molar-refractivity contribution in [1.29, 1.82) is 0 Å². The van der Waals surface area contributed by atoms with Crippen LogP contribution in [0.4, 0.5) is 10.5 Å². The Morgan fingerprint density at radius 3 is 2.09 bits per heavy atom. The fourth-order valence-electron chi connectivity index (χ4n) is 5.11. The van der Waals surface area contributed by atoms with Crippen molar-refractivity contribution in [3.05, 3.63) is 114 Å². The predicted molar refractivity (Wildman–Crippen MR) is 169 cm³/mol. The molecule has 1 heterocycles. The van der Waals surface area contributed by atoms with Crippen LogP contribution in [-0.4, -0.2) is 42.8 Å². The van der Waals surface area contributed by atoms with Crippen molar-refractivity contribution in [1.82, 2.24) is 9.62 Å². The molecule has 0 saturated heterocycles. The molecule has 2 amide bonds. The van der Waals surface area contributed by atoms with Crippen molar-refractivity contribution < 1.29 is 27.9 Å². The van der Waals surface area contributed by atoms with Gasteiger partial charge >= 0.3 is 12.0 Å². The summed E-state index contributed by atoms with van der Waals surface area (Å²) in [5, 5.41) is 14.5. The summed E-state index contributed by atoms with van der Waals surface area (Å²) in [4.78, 5) is 25.3. The molecule has 43 heavy (non-hydrogen) atoms. The predicted octanol–water partition coefficient (Wildman–Crippen LogP) is 6.46. The second-order valence-corrected chi connectivity index (χ2v) is 11.3. The average Bonchev–Trinajstić information content (AvgIpc) is 3.39. The number of nitrogens with zero attached hydrogens (tertiary/aromatic N) is 2. The number of urea groups is 1. The minimum Gasteiger partial charge on any atom is -0.755 e. The van der Waals surface area contributed by atoms with Gasteiger partial charge in [0.25, 0.3) is 0 Å². The maximum Gasteiger partial charge on any atom is 0.327 e. The van der Waals surface area contributed by atoms with Gasteiger partial charge in [-0.1, -0.05) is 91.7 Å². The van der Waals surface area contributed by atoms with Crippen LogP contribution in [0.2, 0.25) is 0 Å². The Kier molecular flexibility index (Phi) is 9.65. The Balaban J connectivity index is 1.23. The van der Waals surface area contributed by atoms with E-state index in [1.807, 2.05) is 84.9 Å². The van der Waals surface area contributed by atoms with Crippen LogP contribution in [0.3, 0.4) is 0 Å². The van der Waals surface area contributed by atoms with Crippen molar-refractivity contribution in [2.24, 2.45) is 0 Å². The summed E-state index contributed by atoms with van der Waals surface area (Å²) >= 11 is 1.51. The van der Waals surface area contributed by atoms with E-state index in [9.17, 15) is 23.5 Å². The van der Waals surface area contributed by atoms with Gasteiger partial charge in [0.05, 0.1) is 11.7 Å². The smallest absolute Gasteiger partial charge is 0.327 e. The first-order valence-corrected chi connectivity index (χ1v) is 15.2. The van der Waals surface area contributed by atoms with Crippen molar-refractivity contribution in [3.8, 4) is 0 Å². The zero-order chi connectivity index (χ0) is 30.3. The number of carbonyl (C=O) groups excluding carboxylic acids is 1. The number of benzene rings is 4. The van der Waals surface area contributed by atoms with Gasteiger partial charge < -0.3 is 19.4 Å². The van der Waals surface area contributed by atoms with E-state index in [2.05, 4.69) is 18.1 Å². The molecule has 0 radical (unpaired) electrons. The molecular weight excluding hydrogens is 587 g/mol. The van der Waals surface area contributed by atoms with Crippen LogP contribution in [0, 0.1) is 0 Å². The van der Waals surface area contributed by atoms with E-state index in [0.717, 1.165) is 20.8 Å². The Morgan fingerprint density at radius 1 is 0.860 bits per heavy atom. The number of rotatable bonds is 12. The maximum absolute atomic E-state index is 13.0. The molecule has 0 bridgehead atoms. The Labute approximate surface area is 257 Å². The minimum atomic E-state index is -2.85. The largest absolute Gasteiger partial charge is 0.755 e. The highest BCUT2D eigenvalue weighted by molar-refractivity contribution is 7.80. The lowest BCUT2D eigenvalue weighted by molar-refractivity contribution is -0.138. The molecule has 11 heteroatoms. The van der Waals surface area contributed by atoms with Crippen molar-refractivity contribution in [3.63, 3.8) is 0 Å². The number of amides is 2. The number of hydrogen-bond acceptors (Lipinski definition) is 6. The molecule has 5 rings (SSSR count). The summed E-state index contributed by atoms with van der Waals surface area (Å²) in [6.45, 7) is 0.227. The minimum absolute atomic E-state index is 0.0351. The van der Waals surface area contributed by atoms with Crippen LogP contribution in [0.15, 0.2) is 108 Å². The molecule has 0 aliphatic rings. The first-order valence-electron chi connectivity index (χ1n) is 13.7. The molecule has 1 aromatic heterocycles. The van der Waals surface area contributed by atoms with Crippen molar-refractivity contribution in [2.75, 3.05) is 10.8 Å². The van der Waals surface area contributed by atoms with E-state index < -0.39 is 29.3 Å². The number of carboxylic acid groups (broad SMARTS) is 1. The number of aliphatic carboxylic acids is 1. The second kappa shape index (κ2) is 13.8. The van der Waals surface area contributed by atoms with Gasteiger partial charge in [0.2, 0.25) is 0 Å². The molecule has 2 atom stereocenters. The highest BCUT2D eigenvalue weighted by atomic mass is 32.2. The number of fused-ring (bicyclic) bond motifs is 3. The maximum atomic E-state index is 13.0. The van der Waals surface area contributed by atoms with Gasteiger partial charge in [0.1, 0.15) is 17.2 Å². The number of anilines is 1. The second-order valence-electron chi connectivity index (χ2n) is 10.00. The van der Waals surface area contributed by atoms with Crippen LogP contribution in [0.1, 0.15) is 36.4 Å². The molecule has 5 aromatic rings. The molecule has 0 fully saturated rings. The summed E-state index contributed by atoms with van der Waals surface area (Å²) in [6.07, 6.45) is 0.785. The van der Waals surface area contributed by atoms with Crippen LogP contribution >= 0.6 is 12.8 Å². The molecular formula is C32H30N3O6S2-. The van der Waals surface area contributed by atoms with Crippen LogP contribution < -0.4 is 9.62 Å². The quantitative estimate of drug-likeness (QED) is 0.0840. The van der Waals surface area contributed by atoms with E-state index in [-0.39, 0.29) is 24.7 Å². The van der Waals surface area contributed by atoms with Gasteiger partial charge in [-0.25, -0.2) is 9.59 Å². The highest BCUT2D eigenvalue weighted by Gasteiger charge is 2.28. The number of hydrogen-bond donors (Lipinski definition) is 3. The van der Waals surface area contributed by atoms with Crippen LogP contribution in [0.5, 0.6) is 0 Å². The van der Waals surface area contributed by atoms with E-state index in [1.54, 1.807) is 12.1 Å². The first kappa shape index (κ1) is 30.1. The molecule has 4 aromatic carbocycles. The number of para-hydroxylation sites is 1. The third kappa shape index (κ3) is 7.02. The fourth-order valence-corrected chi connectivity index (χ4v) is 6.00. The van der Waals surface area contributed by atoms with Crippen molar-refractivity contribution >= 4 is 63.7 Å². The van der Waals surface area contributed by atoms with E-state index in [0.29, 0.717) is 29.4 Å². The third-order valence-corrected chi connectivity index (χ3v) is 8.38. The van der Waals surface area contributed by atoms with Gasteiger partial charge in [-0.3, -0.25) is 12.8 Å². The molecule has 2 N–H and O–H groups in total. The molecule has 0 aliphatic heterocycles.